The first-order valence-corrected chi connectivity index (χ1v) is 9.46. The van der Waals surface area contributed by atoms with Crippen LogP contribution in [0.25, 0.3) is 0 Å². The zero-order valence-electron chi connectivity index (χ0n) is 16.1. The number of amides is 1. The first-order chi connectivity index (χ1) is 14.1. The molecule has 0 aliphatic heterocycles. The van der Waals surface area contributed by atoms with Crippen molar-refractivity contribution in [1.29, 1.82) is 0 Å². The Balaban J connectivity index is 1.51. The highest BCUT2D eigenvalue weighted by molar-refractivity contribution is 5.88. The number of phenols is 1. The molecule has 5 nitrogen and oxygen atoms in total. The van der Waals surface area contributed by atoms with Crippen LogP contribution in [0.3, 0.4) is 0 Å². The molecule has 1 atom stereocenters. The van der Waals surface area contributed by atoms with Gasteiger partial charge in [0, 0.05) is 5.41 Å². The van der Waals surface area contributed by atoms with Gasteiger partial charge in [0.15, 0.2) is 11.5 Å². The number of hydrogen-bond donors (Lipinski definition) is 2. The topological polar surface area (TPSA) is 70.9 Å². The highest BCUT2D eigenvalue weighted by Gasteiger charge is 2.60. The Kier molecular flexibility index (Phi) is 5.04. The summed E-state index contributed by atoms with van der Waals surface area (Å²) in [5, 5.41) is 13.9. The molecule has 4 rings (SSSR count). The number of rotatable bonds is 6. The Hall–Kier alpha value is -3.60. The van der Waals surface area contributed by atoms with Crippen LogP contribution in [0.4, 0.5) is 0 Å². The summed E-state index contributed by atoms with van der Waals surface area (Å²) in [4.78, 5) is 12.8. The van der Waals surface area contributed by atoms with Crippen LogP contribution in [0.1, 0.15) is 23.1 Å². The molecule has 146 valence electrons. The van der Waals surface area contributed by atoms with Crippen LogP contribution >= 0.6 is 0 Å². The fourth-order valence-electron chi connectivity index (χ4n) is 3.89. The van der Waals surface area contributed by atoms with E-state index in [4.69, 9.17) is 4.74 Å². The van der Waals surface area contributed by atoms with Gasteiger partial charge in [-0.25, -0.2) is 5.43 Å². The third-order valence-electron chi connectivity index (χ3n) is 5.45. The second-order valence-electron chi connectivity index (χ2n) is 7.13. The number of phenolic OH excluding ortho intramolecular Hbond substituents is 1. The van der Waals surface area contributed by atoms with Gasteiger partial charge in [-0.05, 0) is 41.3 Å². The van der Waals surface area contributed by atoms with Crippen molar-refractivity contribution in [2.24, 2.45) is 11.0 Å². The minimum Gasteiger partial charge on any atom is -0.504 e. The van der Waals surface area contributed by atoms with Crippen LogP contribution in [0, 0.1) is 5.92 Å². The maximum atomic E-state index is 12.8. The van der Waals surface area contributed by atoms with Crippen molar-refractivity contribution in [2.75, 3.05) is 7.11 Å². The van der Waals surface area contributed by atoms with Crippen LogP contribution in [0.15, 0.2) is 84.0 Å². The largest absolute Gasteiger partial charge is 0.504 e. The number of nitrogens with zero attached hydrogens (tertiary/aromatic N) is 1. The van der Waals surface area contributed by atoms with E-state index in [-0.39, 0.29) is 23.0 Å². The van der Waals surface area contributed by atoms with Gasteiger partial charge in [-0.3, -0.25) is 4.79 Å². The third-order valence-corrected chi connectivity index (χ3v) is 5.45. The van der Waals surface area contributed by atoms with E-state index in [0.717, 1.165) is 17.5 Å². The van der Waals surface area contributed by atoms with Crippen LogP contribution in [0.5, 0.6) is 11.5 Å². The summed E-state index contributed by atoms with van der Waals surface area (Å²) in [6.45, 7) is 0. The van der Waals surface area contributed by atoms with E-state index in [2.05, 4.69) is 34.8 Å². The van der Waals surface area contributed by atoms with Gasteiger partial charge < -0.3 is 9.84 Å². The predicted octanol–water partition coefficient (Wildman–Crippen LogP) is 3.86. The zero-order chi connectivity index (χ0) is 20.3. The minimum atomic E-state index is -0.319. The highest BCUT2D eigenvalue weighted by atomic mass is 16.5. The number of carbonyl (C=O) groups excluding carboxylic acids is 1. The Labute approximate surface area is 169 Å². The van der Waals surface area contributed by atoms with Crippen LogP contribution < -0.4 is 10.2 Å². The van der Waals surface area contributed by atoms with Crippen molar-refractivity contribution in [3.05, 3.63) is 95.6 Å². The molecule has 3 aromatic carbocycles. The smallest absolute Gasteiger partial charge is 0.244 e. The second-order valence-corrected chi connectivity index (χ2v) is 7.13. The number of benzene rings is 3. The zero-order valence-corrected chi connectivity index (χ0v) is 16.1. The molecule has 1 aliphatic rings. The summed E-state index contributed by atoms with van der Waals surface area (Å²) in [6.07, 6.45) is 2.25. The number of nitrogens with one attached hydrogen (secondary N) is 1. The van der Waals surface area contributed by atoms with E-state index in [1.807, 2.05) is 36.4 Å². The molecule has 0 bridgehead atoms. The van der Waals surface area contributed by atoms with Gasteiger partial charge in [0.1, 0.15) is 0 Å². The van der Waals surface area contributed by atoms with E-state index in [1.165, 1.54) is 19.4 Å². The Morgan fingerprint density at radius 2 is 1.69 bits per heavy atom. The average molecular weight is 386 g/mol. The van der Waals surface area contributed by atoms with Gasteiger partial charge in [-0.1, -0.05) is 60.7 Å². The summed E-state index contributed by atoms with van der Waals surface area (Å²) < 4.78 is 5.03. The molecule has 0 radical (unpaired) electrons. The lowest BCUT2D eigenvalue weighted by molar-refractivity contribution is -0.122. The number of hydrazone groups is 1. The highest BCUT2D eigenvalue weighted by Crippen LogP contribution is 2.58. The van der Waals surface area contributed by atoms with E-state index < -0.39 is 0 Å². The second kappa shape index (κ2) is 7.80. The van der Waals surface area contributed by atoms with Crippen molar-refractivity contribution in [1.82, 2.24) is 5.43 Å². The van der Waals surface area contributed by atoms with Gasteiger partial charge >= 0.3 is 0 Å². The van der Waals surface area contributed by atoms with E-state index in [0.29, 0.717) is 11.3 Å². The van der Waals surface area contributed by atoms with Gasteiger partial charge in [-0.2, -0.15) is 5.10 Å². The van der Waals surface area contributed by atoms with Crippen molar-refractivity contribution in [3.63, 3.8) is 0 Å². The number of aromatic hydroxyl groups is 1. The predicted molar refractivity (Wildman–Crippen MR) is 112 cm³/mol. The summed E-state index contributed by atoms with van der Waals surface area (Å²) >= 11 is 0. The van der Waals surface area contributed by atoms with Gasteiger partial charge in [0.25, 0.3) is 0 Å². The maximum Gasteiger partial charge on any atom is 0.244 e. The lowest BCUT2D eigenvalue weighted by Gasteiger charge is -2.18. The summed E-state index contributed by atoms with van der Waals surface area (Å²) in [7, 11) is 1.49. The van der Waals surface area contributed by atoms with Crippen molar-refractivity contribution < 1.29 is 14.6 Å². The van der Waals surface area contributed by atoms with Gasteiger partial charge in [-0.15, -0.1) is 0 Å². The third kappa shape index (κ3) is 3.59. The Morgan fingerprint density at radius 1 is 1.07 bits per heavy atom. The Bertz CT molecular complexity index is 993. The molecule has 2 N–H and O–H groups in total. The van der Waals surface area contributed by atoms with Crippen molar-refractivity contribution in [2.45, 2.75) is 11.8 Å². The lowest BCUT2D eigenvalue weighted by Crippen LogP contribution is -2.25. The molecule has 29 heavy (non-hydrogen) atoms. The molecule has 0 aromatic heterocycles. The summed E-state index contributed by atoms with van der Waals surface area (Å²) in [5.74, 6) is 0.109. The quantitative estimate of drug-likeness (QED) is 0.499. The molecular weight excluding hydrogens is 364 g/mol. The molecule has 1 aliphatic carbocycles. The summed E-state index contributed by atoms with van der Waals surface area (Å²) in [5.41, 5.74) is 5.27. The number of methoxy groups -OCH3 is 1. The minimum absolute atomic E-state index is 0.0251. The number of carbonyl (C=O) groups is 1. The fourth-order valence-corrected chi connectivity index (χ4v) is 3.89. The first-order valence-electron chi connectivity index (χ1n) is 9.46. The summed E-state index contributed by atoms with van der Waals surface area (Å²) in [6, 6.07) is 25.2. The molecule has 0 spiro atoms. The maximum absolute atomic E-state index is 12.8. The standard InChI is InChI=1S/C24H22N2O3/c1-29-22-13-12-17(14-21(22)27)16-25-26-23(28)20-15-24(20,18-8-4-2-5-9-18)19-10-6-3-7-11-19/h2-14,16,20,27H,15H2,1H3,(H,26,28)/b25-16-/t20-/m1/s1. The lowest BCUT2D eigenvalue weighted by atomic mass is 9.85. The van der Waals surface area contributed by atoms with Crippen molar-refractivity contribution in [3.8, 4) is 11.5 Å². The molecule has 0 unspecified atom stereocenters. The molecule has 5 heteroatoms. The molecule has 0 saturated heterocycles. The van der Waals surface area contributed by atoms with Gasteiger partial charge in [0.05, 0.1) is 19.2 Å². The molecule has 1 fully saturated rings. The van der Waals surface area contributed by atoms with Gasteiger partial charge in [0.2, 0.25) is 5.91 Å². The SMILES string of the molecule is COc1ccc(/C=N\NC(=O)[C@H]2CC2(c2ccccc2)c2ccccc2)cc1O. The normalized spacial score (nSPS) is 17.1. The molecule has 3 aromatic rings. The Morgan fingerprint density at radius 3 is 2.24 bits per heavy atom. The first kappa shape index (κ1) is 18.7. The average Bonchev–Trinajstić information content (AvgIpc) is 3.52. The van der Waals surface area contributed by atoms with Crippen LogP contribution in [-0.2, 0) is 10.2 Å². The van der Waals surface area contributed by atoms with E-state index >= 15 is 0 Å². The van der Waals surface area contributed by atoms with Crippen molar-refractivity contribution >= 4 is 12.1 Å². The fraction of sp³-hybridized carbons (Fsp3) is 0.167. The monoisotopic (exact) mass is 386 g/mol. The molecule has 1 saturated carbocycles. The number of hydrogen-bond acceptors (Lipinski definition) is 4. The van der Waals surface area contributed by atoms with Crippen LogP contribution in [0.2, 0.25) is 0 Å². The van der Waals surface area contributed by atoms with E-state index in [9.17, 15) is 9.90 Å². The molecular formula is C24H22N2O3. The number of ether oxygens (including phenoxy) is 1. The van der Waals surface area contributed by atoms with E-state index in [1.54, 1.807) is 12.1 Å². The molecule has 0 heterocycles. The molecule has 1 amide bonds. The van der Waals surface area contributed by atoms with Crippen LogP contribution in [-0.4, -0.2) is 24.3 Å².